The van der Waals surface area contributed by atoms with Crippen molar-refractivity contribution in [2.24, 2.45) is 0 Å². The molecule has 1 aromatic carbocycles. The fourth-order valence-electron chi connectivity index (χ4n) is 6.22. The van der Waals surface area contributed by atoms with E-state index >= 15 is 0 Å². The number of amides is 1. The summed E-state index contributed by atoms with van der Waals surface area (Å²) in [4.78, 5) is 35.5. The molecule has 1 spiro atoms. The summed E-state index contributed by atoms with van der Waals surface area (Å²) in [6.07, 6.45) is 11.4. The largest absolute Gasteiger partial charge is 0.381 e. The lowest BCUT2D eigenvalue weighted by molar-refractivity contribution is -0.133. The minimum absolute atomic E-state index is 0.0964. The number of nitrogens with one attached hydrogen (secondary N) is 2. The molecule has 3 aliphatic rings. The molecule has 39 heavy (non-hydrogen) atoms. The molecular weight excluding hydrogens is 494 g/mol. The van der Waals surface area contributed by atoms with E-state index < -0.39 is 0 Å². The van der Waals surface area contributed by atoms with Crippen LogP contribution in [-0.2, 0) is 29.1 Å². The number of likely N-dealkylation sites (tertiary alicyclic amines) is 1. The number of aromatic amines is 2. The molecule has 0 unspecified atom stereocenters. The predicted molar refractivity (Wildman–Crippen MR) is 146 cm³/mol. The van der Waals surface area contributed by atoms with Gasteiger partial charge in [-0.1, -0.05) is 12.1 Å². The van der Waals surface area contributed by atoms with Crippen molar-refractivity contribution in [3.05, 3.63) is 71.8 Å². The molecule has 6 rings (SSSR count). The van der Waals surface area contributed by atoms with Gasteiger partial charge in [0.05, 0.1) is 31.8 Å². The number of imidazole rings is 2. The summed E-state index contributed by atoms with van der Waals surface area (Å²) in [5, 5.41) is 0. The van der Waals surface area contributed by atoms with Crippen LogP contribution in [0.3, 0.4) is 0 Å². The van der Waals surface area contributed by atoms with E-state index in [2.05, 4.69) is 41.9 Å². The Kier molecular flexibility index (Phi) is 8.05. The van der Waals surface area contributed by atoms with Gasteiger partial charge in [-0.15, -0.1) is 0 Å². The third-order valence-electron chi connectivity index (χ3n) is 8.42. The van der Waals surface area contributed by atoms with Gasteiger partial charge in [-0.25, -0.2) is 9.97 Å². The lowest BCUT2D eigenvalue weighted by Gasteiger charge is -2.49. The van der Waals surface area contributed by atoms with Crippen LogP contribution in [0.25, 0.3) is 0 Å². The van der Waals surface area contributed by atoms with Crippen LogP contribution in [0.1, 0.15) is 53.3 Å². The third kappa shape index (κ3) is 6.41. The monoisotopic (exact) mass is 533 g/mol. The maximum absolute atomic E-state index is 13.5. The number of carbonyl (C=O) groups is 1. The fourth-order valence-corrected chi connectivity index (χ4v) is 6.22. The summed E-state index contributed by atoms with van der Waals surface area (Å²) in [5.74, 6) is 1.92. The Morgan fingerprint density at radius 3 is 2.21 bits per heavy atom. The number of rotatable bonds is 8. The summed E-state index contributed by atoms with van der Waals surface area (Å²) in [7, 11) is 0. The van der Waals surface area contributed by atoms with Crippen molar-refractivity contribution in [2.45, 2.75) is 57.0 Å². The molecule has 3 aliphatic heterocycles. The highest BCUT2D eigenvalue weighted by atomic mass is 16.5. The van der Waals surface area contributed by atoms with E-state index in [9.17, 15) is 4.79 Å². The highest BCUT2D eigenvalue weighted by molar-refractivity contribution is 5.94. The first-order valence-electron chi connectivity index (χ1n) is 14.2. The highest BCUT2D eigenvalue weighted by Crippen LogP contribution is 2.32. The molecule has 10 nitrogen and oxygen atoms in total. The molecule has 3 fully saturated rings. The van der Waals surface area contributed by atoms with E-state index in [1.807, 2.05) is 29.4 Å². The number of H-pyrrole nitrogens is 2. The normalized spacial score (nSPS) is 20.6. The number of hydrogen-bond acceptors (Lipinski definition) is 7. The Labute approximate surface area is 229 Å². The van der Waals surface area contributed by atoms with Gasteiger partial charge in [0.1, 0.15) is 11.6 Å². The summed E-state index contributed by atoms with van der Waals surface area (Å²) >= 11 is 0. The van der Waals surface area contributed by atoms with Crippen molar-refractivity contribution in [2.75, 3.05) is 46.0 Å². The van der Waals surface area contributed by atoms with Crippen molar-refractivity contribution in [3.63, 3.8) is 0 Å². The van der Waals surface area contributed by atoms with E-state index in [0.717, 1.165) is 81.3 Å². The smallest absolute Gasteiger partial charge is 0.254 e. The summed E-state index contributed by atoms with van der Waals surface area (Å²) in [5.41, 5.74) is 1.66. The molecule has 2 N–H and O–H groups in total. The van der Waals surface area contributed by atoms with Crippen LogP contribution in [0.4, 0.5) is 0 Å². The van der Waals surface area contributed by atoms with Crippen LogP contribution in [-0.4, -0.2) is 98.2 Å². The van der Waals surface area contributed by atoms with Crippen LogP contribution in [0.5, 0.6) is 0 Å². The molecule has 208 valence electrons. The van der Waals surface area contributed by atoms with Crippen molar-refractivity contribution in [1.82, 2.24) is 34.6 Å². The van der Waals surface area contributed by atoms with Gasteiger partial charge in [-0.2, -0.15) is 0 Å². The molecule has 2 aromatic heterocycles. The van der Waals surface area contributed by atoms with E-state index in [0.29, 0.717) is 38.8 Å². The van der Waals surface area contributed by atoms with Gasteiger partial charge in [-0.05, 0) is 43.4 Å². The van der Waals surface area contributed by atoms with Gasteiger partial charge in [0.15, 0.2) is 0 Å². The Balaban J connectivity index is 1.06. The van der Waals surface area contributed by atoms with Crippen LogP contribution in [0.2, 0.25) is 0 Å². The number of hydrogen-bond donors (Lipinski definition) is 2. The molecule has 0 saturated carbocycles. The number of aromatic nitrogens is 4. The highest BCUT2D eigenvalue weighted by Gasteiger charge is 2.42. The molecule has 1 amide bonds. The molecule has 0 aliphatic carbocycles. The Bertz CT molecular complexity index is 1130. The molecule has 3 saturated heterocycles. The Morgan fingerprint density at radius 2 is 1.59 bits per heavy atom. The number of morpholine rings is 1. The van der Waals surface area contributed by atoms with Gasteiger partial charge < -0.3 is 24.3 Å². The predicted octanol–water partition coefficient (Wildman–Crippen LogP) is 2.82. The SMILES string of the molecule is O=C(c1ccc(CN(Cc2ncc[nH]2)Cc2ncc[nH]2)cc1)N1CCOC2(CCN(C3CCOCC3)CC2)C1. The lowest BCUT2D eigenvalue weighted by atomic mass is 9.87. The Hall–Kier alpha value is -3.05. The molecule has 5 heterocycles. The first-order chi connectivity index (χ1) is 19.2. The van der Waals surface area contributed by atoms with Gasteiger partial charge in [0, 0.05) is 75.8 Å². The molecule has 3 aromatic rings. The molecule has 10 heteroatoms. The van der Waals surface area contributed by atoms with Crippen molar-refractivity contribution in [3.8, 4) is 0 Å². The molecule has 0 radical (unpaired) electrons. The van der Waals surface area contributed by atoms with E-state index in [-0.39, 0.29) is 11.5 Å². The number of piperidine rings is 1. The van der Waals surface area contributed by atoms with Crippen molar-refractivity contribution in [1.29, 1.82) is 0 Å². The number of nitrogens with zero attached hydrogens (tertiary/aromatic N) is 5. The number of benzene rings is 1. The van der Waals surface area contributed by atoms with Crippen molar-refractivity contribution >= 4 is 5.91 Å². The zero-order valence-corrected chi connectivity index (χ0v) is 22.6. The average molecular weight is 534 g/mol. The minimum Gasteiger partial charge on any atom is -0.381 e. The van der Waals surface area contributed by atoms with Crippen LogP contribution in [0, 0.1) is 0 Å². The van der Waals surface area contributed by atoms with E-state index in [1.54, 1.807) is 12.4 Å². The molecular formula is C29H39N7O3. The molecule has 0 bridgehead atoms. The lowest BCUT2D eigenvalue weighted by Crippen LogP contribution is -2.59. The zero-order valence-electron chi connectivity index (χ0n) is 22.6. The topological polar surface area (TPSA) is 103 Å². The second kappa shape index (κ2) is 12.0. The summed E-state index contributed by atoms with van der Waals surface area (Å²) in [6.45, 7) is 7.82. The third-order valence-corrected chi connectivity index (χ3v) is 8.42. The van der Waals surface area contributed by atoms with Crippen LogP contribution < -0.4 is 0 Å². The zero-order chi connectivity index (χ0) is 26.5. The maximum Gasteiger partial charge on any atom is 0.254 e. The fraction of sp³-hybridized carbons (Fsp3) is 0.552. The van der Waals surface area contributed by atoms with E-state index in [4.69, 9.17) is 9.47 Å². The quantitative estimate of drug-likeness (QED) is 0.459. The summed E-state index contributed by atoms with van der Waals surface area (Å²) in [6, 6.07) is 8.68. The number of ether oxygens (including phenoxy) is 2. The van der Waals surface area contributed by atoms with Gasteiger partial charge >= 0.3 is 0 Å². The number of carbonyl (C=O) groups excluding carboxylic acids is 1. The van der Waals surface area contributed by atoms with Gasteiger partial charge in [0.2, 0.25) is 0 Å². The minimum atomic E-state index is -0.215. The first kappa shape index (κ1) is 26.2. The second-order valence-corrected chi connectivity index (χ2v) is 11.1. The average Bonchev–Trinajstić information content (AvgIpc) is 3.69. The maximum atomic E-state index is 13.5. The van der Waals surface area contributed by atoms with Crippen molar-refractivity contribution < 1.29 is 14.3 Å². The van der Waals surface area contributed by atoms with Gasteiger partial charge in [0.25, 0.3) is 5.91 Å². The first-order valence-corrected chi connectivity index (χ1v) is 14.2. The molecule has 0 atom stereocenters. The van der Waals surface area contributed by atoms with E-state index in [1.165, 1.54) is 0 Å². The van der Waals surface area contributed by atoms with Gasteiger partial charge in [-0.3, -0.25) is 14.6 Å². The van der Waals surface area contributed by atoms with Crippen LogP contribution in [0.15, 0.2) is 49.1 Å². The Morgan fingerprint density at radius 1 is 0.923 bits per heavy atom. The van der Waals surface area contributed by atoms with Crippen LogP contribution >= 0.6 is 0 Å². The second-order valence-electron chi connectivity index (χ2n) is 11.1. The summed E-state index contributed by atoms with van der Waals surface area (Å²) < 4.78 is 11.9. The standard InChI is InChI=1S/C29H39N7O3/c37-28(36-15-18-39-29(22-36)7-13-35(14-8-29)25-5-16-38-17-6-25)24-3-1-23(2-4-24)19-34(20-26-30-9-10-31-26)21-27-32-11-12-33-27/h1-4,9-12,25H,5-8,13-22H2,(H,30,31)(H,32,33).